The first-order valence-corrected chi connectivity index (χ1v) is 6.79. The number of hydrogen-bond donors (Lipinski definition) is 0. The van der Waals surface area contributed by atoms with Gasteiger partial charge in [-0.3, -0.25) is 0 Å². The van der Waals surface area contributed by atoms with Crippen LogP contribution in [0.15, 0.2) is 46.9 Å². The number of rotatable bonds is 3. The van der Waals surface area contributed by atoms with Gasteiger partial charge in [0.1, 0.15) is 5.52 Å². The predicted molar refractivity (Wildman–Crippen MR) is 78.2 cm³/mol. The maximum atomic E-state index is 5.82. The number of fused-ring (bicyclic) bond motifs is 1. The summed E-state index contributed by atoms with van der Waals surface area (Å²) in [5, 5.41) is 0. The van der Waals surface area contributed by atoms with E-state index >= 15 is 0 Å². The van der Waals surface area contributed by atoms with Gasteiger partial charge in [0.05, 0.1) is 0 Å². The summed E-state index contributed by atoms with van der Waals surface area (Å²) in [6.45, 7) is 4.30. The lowest BCUT2D eigenvalue weighted by atomic mass is 10.1. The van der Waals surface area contributed by atoms with Crippen molar-refractivity contribution >= 4 is 11.1 Å². The first kappa shape index (κ1) is 12.0. The molecule has 19 heavy (non-hydrogen) atoms. The van der Waals surface area contributed by atoms with E-state index in [1.54, 1.807) is 0 Å². The molecule has 0 N–H and O–H groups in total. The number of nitrogens with zero attached hydrogens (tertiary/aromatic N) is 1. The van der Waals surface area contributed by atoms with E-state index in [0.29, 0.717) is 5.89 Å². The SMILES string of the molecule is CCc1ccc(-c2nc3cc(CC)ccc3o2)cc1. The van der Waals surface area contributed by atoms with Crippen molar-refractivity contribution in [2.24, 2.45) is 0 Å². The van der Waals surface area contributed by atoms with Crippen LogP contribution in [-0.2, 0) is 12.8 Å². The number of aryl methyl sites for hydroxylation is 2. The van der Waals surface area contributed by atoms with Gasteiger partial charge >= 0.3 is 0 Å². The van der Waals surface area contributed by atoms with Crippen molar-refractivity contribution in [2.75, 3.05) is 0 Å². The quantitative estimate of drug-likeness (QED) is 0.679. The van der Waals surface area contributed by atoms with Crippen LogP contribution in [0.2, 0.25) is 0 Å². The molecule has 0 radical (unpaired) electrons. The second-order valence-corrected chi connectivity index (χ2v) is 4.73. The molecular weight excluding hydrogens is 234 g/mol. The van der Waals surface area contributed by atoms with Crippen LogP contribution >= 0.6 is 0 Å². The summed E-state index contributed by atoms with van der Waals surface area (Å²) in [6.07, 6.45) is 2.07. The average Bonchev–Trinajstić information content (AvgIpc) is 2.90. The van der Waals surface area contributed by atoms with Crippen LogP contribution in [0, 0.1) is 0 Å². The summed E-state index contributed by atoms with van der Waals surface area (Å²) in [6, 6.07) is 14.6. The third-order valence-corrected chi connectivity index (χ3v) is 3.47. The number of benzene rings is 2. The highest BCUT2D eigenvalue weighted by Crippen LogP contribution is 2.25. The topological polar surface area (TPSA) is 26.0 Å². The molecule has 96 valence electrons. The summed E-state index contributed by atoms with van der Waals surface area (Å²) in [5.74, 6) is 0.700. The van der Waals surface area contributed by atoms with Gasteiger partial charge in [-0.15, -0.1) is 0 Å². The fourth-order valence-corrected chi connectivity index (χ4v) is 2.20. The molecule has 3 rings (SSSR count). The van der Waals surface area contributed by atoms with Crippen LogP contribution in [0.5, 0.6) is 0 Å². The van der Waals surface area contributed by atoms with Crippen molar-refractivity contribution in [3.8, 4) is 11.5 Å². The largest absolute Gasteiger partial charge is 0.436 e. The van der Waals surface area contributed by atoms with Crippen LogP contribution in [-0.4, -0.2) is 4.98 Å². The van der Waals surface area contributed by atoms with Crippen molar-refractivity contribution in [2.45, 2.75) is 26.7 Å². The van der Waals surface area contributed by atoms with Gasteiger partial charge in [0.2, 0.25) is 5.89 Å². The van der Waals surface area contributed by atoms with E-state index in [2.05, 4.69) is 55.2 Å². The predicted octanol–water partition coefficient (Wildman–Crippen LogP) is 4.62. The van der Waals surface area contributed by atoms with Gasteiger partial charge in [0, 0.05) is 5.56 Å². The van der Waals surface area contributed by atoms with Gasteiger partial charge in [0.15, 0.2) is 5.58 Å². The van der Waals surface area contributed by atoms with Crippen LogP contribution in [0.4, 0.5) is 0 Å². The minimum absolute atomic E-state index is 0.700. The Morgan fingerprint density at radius 3 is 2.26 bits per heavy atom. The Kier molecular flexibility index (Phi) is 3.08. The zero-order valence-electron chi connectivity index (χ0n) is 11.3. The fraction of sp³-hybridized carbons (Fsp3) is 0.235. The monoisotopic (exact) mass is 251 g/mol. The summed E-state index contributed by atoms with van der Waals surface area (Å²) in [4.78, 5) is 4.58. The summed E-state index contributed by atoms with van der Waals surface area (Å²) in [5.41, 5.74) is 5.44. The average molecular weight is 251 g/mol. The van der Waals surface area contributed by atoms with E-state index in [1.165, 1.54) is 11.1 Å². The zero-order valence-corrected chi connectivity index (χ0v) is 11.3. The minimum atomic E-state index is 0.700. The summed E-state index contributed by atoms with van der Waals surface area (Å²) >= 11 is 0. The Morgan fingerprint density at radius 2 is 1.58 bits per heavy atom. The van der Waals surface area contributed by atoms with Crippen LogP contribution in [0.1, 0.15) is 25.0 Å². The molecule has 0 amide bonds. The van der Waals surface area contributed by atoms with E-state index in [0.717, 1.165) is 29.5 Å². The molecule has 1 aromatic heterocycles. The molecule has 0 aliphatic rings. The lowest BCUT2D eigenvalue weighted by Crippen LogP contribution is -1.81. The second kappa shape index (κ2) is 4.88. The van der Waals surface area contributed by atoms with Crippen LogP contribution in [0.25, 0.3) is 22.6 Å². The molecule has 3 aromatic rings. The molecule has 2 nitrogen and oxygen atoms in total. The Balaban J connectivity index is 2.04. The Labute approximate surface area is 113 Å². The van der Waals surface area contributed by atoms with Gasteiger partial charge in [-0.05, 0) is 48.2 Å². The summed E-state index contributed by atoms with van der Waals surface area (Å²) in [7, 11) is 0. The minimum Gasteiger partial charge on any atom is -0.436 e. The summed E-state index contributed by atoms with van der Waals surface area (Å²) < 4.78 is 5.82. The Morgan fingerprint density at radius 1 is 0.895 bits per heavy atom. The molecule has 2 heteroatoms. The smallest absolute Gasteiger partial charge is 0.227 e. The van der Waals surface area contributed by atoms with Gasteiger partial charge in [-0.1, -0.05) is 32.0 Å². The maximum absolute atomic E-state index is 5.82. The Bertz CT molecular complexity index is 695. The lowest BCUT2D eigenvalue weighted by molar-refractivity contribution is 0.620. The third-order valence-electron chi connectivity index (χ3n) is 3.47. The molecule has 0 saturated heterocycles. The van der Waals surface area contributed by atoms with Crippen LogP contribution in [0.3, 0.4) is 0 Å². The van der Waals surface area contributed by atoms with Crippen LogP contribution < -0.4 is 0 Å². The first-order chi connectivity index (χ1) is 9.30. The van der Waals surface area contributed by atoms with Crippen molar-refractivity contribution < 1.29 is 4.42 Å². The van der Waals surface area contributed by atoms with Gasteiger partial charge in [0.25, 0.3) is 0 Å². The van der Waals surface area contributed by atoms with E-state index in [1.807, 2.05) is 6.07 Å². The molecule has 0 unspecified atom stereocenters. The fourth-order valence-electron chi connectivity index (χ4n) is 2.20. The molecule has 0 fully saturated rings. The van der Waals surface area contributed by atoms with Gasteiger partial charge in [-0.2, -0.15) is 0 Å². The molecule has 0 spiro atoms. The van der Waals surface area contributed by atoms with Gasteiger partial charge in [-0.25, -0.2) is 4.98 Å². The Hall–Kier alpha value is -2.09. The molecule has 0 bridgehead atoms. The van der Waals surface area contributed by atoms with Crippen molar-refractivity contribution in [3.63, 3.8) is 0 Å². The number of aromatic nitrogens is 1. The maximum Gasteiger partial charge on any atom is 0.227 e. The van der Waals surface area contributed by atoms with E-state index in [4.69, 9.17) is 4.42 Å². The normalized spacial score (nSPS) is 11.1. The molecule has 0 aliphatic heterocycles. The second-order valence-electron chi connectivity index (χ2n) is 4.73. The van der Waals surface area contributed by atoms with E-state index in [9.17, 15) is 0 Å². The van der Waals surface area contributed by atoms with Crippen molar-refractivity contribution in [1.82, 2.24) is 4.98 Å². The van der Waals surface area contributed by atoms with Crippen molar-refractivity contribution in [3.05, 3.63) is 53.6 Å². The molecule has 0 aliphatic carbocycles. The number of hydrogen-bond acceptors (Lipinski definition) is 2. The molecule has 1 heterocycles. The molecular formula is C17H17NO. The lowest BCUT2D eigenvalue weighted by Gasteiger charge is -1.97. The molecule has 0 saturated carbocycles. The highest BCUT2D eigenvalue weighted by molar-refractivity contribution is 5.76. The standard InChI is InChI=1S/C17H17NO/c1-3-12-5-8-14(9-6-12)17-18-15-11-13(4-2)7-10-16(15)19-17/h5-11H,3-4H2,1-2H3. The van der Waals surface area contributed by atoms with E-state index in [-0.39, 0.29) is 0 Å². The third kappa shape index (κ3) is 2.26. The van der Waals surface area contributed by atoms with Crippen molar-refractivity contribution in [1.29, 1.82) is 0 Å². The highest BCUT2D eigenvalue weighted by atomic mass is 16.3. The first-order valence-electron chi connectivity index (χ1n) is 6.79. The molecule has 0 atom stereocenters. The highest BCUT2D eigenvalue weighted by Gasteiger charge is 2.08. The molecule has 2 aromatic carbocycles. The van der Waals surface area contributed by atoms with Gasteiger partial charge < -0.3 is 4.42 Å². The van der Waals surface area contributed by atoms with E-state index < -0.39 is 0 Å². The zero-order chi connectivity index (χ0) is 13.2. The number of oxazole rings is 1.